The van der Waals surface area contributed by atoms with Crippen molar-refractivity contribution in [3.63, 3.8) is 0 Å². The summed E-state index contributed by atoms with van der Waals surface area (Å²) < 4.78 is 7.65. The van der Waals surface area contributed by atoms with Gasteiger partial charge in [0.25, 0.3) is 5.56 Å². The summed E-state index contributed by atoms with van der Waals surface area (Å²) in [6, 6.07) is 19.6. The van der Waals surface area contributed by atoms with Crippen molar-refractivity contribution in [3.8, 4) is 11.1 Å². The molecular weight excluding hydrogens is 372 g/mol. The molecule has 2 fully saturated rings. The van der Waals surface area contributed by atoms with E-state index in [9.17, 15) is 4.79 Å². The van der Waals surface area contributed by atoms with Crippen LogP contribution in [0, 0.1) is 5.92 Å². The third-order valence-corrected chi connectivity index (χ3v) is 7.40. The molecule has 4 heterocycles. The molecule has 2 saturated heterocycles. The molecule has 3 aromatic rings. The summed E-state index contributed by atoms with van der Waals surface area (Å²) in [6.07, 6.45) is 3.51. The monoisotopic (exact) mass is 400 g/mol. The first-order valence-corrected chi connectivity index (χ1v) is 11.3. The van der Waals surface area contributed by atoms with E-state index in [1.54, 1.807) is 0 Å². The fourth-order valence-corrected chi connectivity index (χ4v) is 5.91. The van der Waals surface area contributed by atoms with Gasteiger partial charge in [0.2, 0.25) is 0 Å². The minimum atomic E-state index is 0.178. The van der Waals surface area contributed by atoms with Crippen LogP contribution in [0.4, 0.5) is 0 Å². The Morgan fingerprint density at radius 1 is 0.867 bits per heavy atom. The molecule has 4 nitrogen and oxygen atoms in total. The topological polar surface area (TPSA) is 34.5 Å². The smallest absolute Gasteiger partial charge is 0.258 e. The third kappa shape index (κ3) is 3.10. The Labute approximate surface area is 177 Å². The van der Waals surface area contributed by atoms with E-state index in [4.69, 9.17) is 4.74 Å². The second-order valence-corrected chi connectivity index (χ2v) is 9.25. The molecule has 2 bridgehead atoms. The molecule has 0 aliphatic carbocycles. The lowest BCUT2D eigenvalue weighted by Gasteiger charge is -2.46. The lowest BCUT2D eigenvalue weighted by atomic mass is 9.81. The Balaban J connectivity index is 1.34. The average Bonchev–Trinajstić information content (AvgIpc) is 2.80. The van der Waals surface area contributed by atoms with Crippen LogP contribution >= 0.6 is 0 Å². The Bertz CT molecular complexity index is 1150. The first kappa shape index (κ1) is 18.3. The van der Waals surface area contributed by atoms with Crippen LogP contribution in [0.25, 0.3) is 21.9 Å². The Morgan fingerprint density at radius 2 is 1.70 bits per heavy atom. The summed E-state index contributed by atoms with van der Waals surface area (Å²) in [5.74, 6) is 1.04. The molecular formula is C26H28N2O2. The molecule has 3 aliphatic rings. The summed E-state index contributed by atoms with van der Waals surface area (Å²) in [5.41, 5.74) is 3.26. The van der Waals surface area contributed by atoms with Crippen LogP contribution in [-0.2, 0) is 11.3 Å². The van der Waals surface area contributed by atoms with Crippen LogP contribution in [0.5, 0.6) is 0 Å². The van der Waals surface area contributed by atoms with E-state index in [0.717, 1.165) is 56.8 Å². The highest BCUT2D eigenvalue weighted by Gasteiger charge is 2.37. The number of aromatic nitrogens is 1. The van der Waals surface area contributed by atoms with Gasteiger partial charge in [0.1, 0.15) is 0 Å². The number of pyridine rings is 1. The van der Waals surface area contributed by atoms with E-state index in [0.29, 0.717) is 17.9 Å². The highest BCUT2D eigenvalue weighted by Crippen LogP contribution is 2.37. The van der Waals surface area contributed by atoms with Crippen LogP contribution in [0.3, 0.4) is 0 Å². The number of likely N-dealkylation sites (tertiary alicyclic amines) is 1. The predicted octanol–water partition coefficient (Wildman–Crippen LogP) is 4.27. The summed E-state index contributed by atoms with van der Waals surface area (Å²) >= 11 is 0. The van der Waals surface area contributed by atoms with Crippen molar-refractivity contribution in [2.75, 3.05) is 26.3 Å². The normalized spacial score (nSPS) is 24.7. The van der Waals surface area contributed by atoms with E-state index in [2.05, 4.69) is 64.1 Å². The zero-order chi connectivity index (χ0) is 20.1. The van der Waals surface area contributed by atoms with Gasteiger partial charge in [-0.15, -0.1) is 0 Å². The largest absolute Gasteiger partial charge is 0.381 e. The van der Waals surface area contributed by atoms with Gasteiger partial charge < -0.3 is 9.30 Å². The lowest BCUT2D eigenvalue weighted by Crippen LogP contribution is -2.51. The lowest BCUT2D eigenvalue weighted by molar-refractivity contribution is 0.00589. The maximum Gasteiger partial charge on any atom is 0.258 e. The van der Waals surface area contributed by atoms with Crippen LogP contribution < -0.4 is 5.56 Å². The molecule has 0 spiro atoms. The second kappa shape index (κ2) is 7.36. The highest BCUT2D eigenvalue weighted by molar-refractivity contribution is 5.87. The van der Waals surface area contributed by atoms with E-state index in [1.165, 1.54) is 22.9 Å². The first-order chi connectivity index (χ1) is 14.8. The van der Waals surface area contributed by atoms with Gasteiger partial charge in [-0.25, -0.2) is 0 Å². The molecule has 1 aromatic heterocycles. The van der Waals surface area contributed by atoms with Gasteiger partial charge in [-0.2, -0.15) is 0 Å². The van der Waals surface area contributed by atoms with Gasteiger partial charge in [0.05, 0.1) is 0 Å². The Morgan fingerprint density at radius 3 is 2.57 bits per heavy atom. The molecule has 4 heteroatoms. The third-order valence-electron chi connectivity index (χ3n) is 7.40. The van der Waals surface area contributed by atoms with E-state index in [-0.39, 0.29) is 5.56 Å². The van der Waals surface area contributed by atoms with Gasteiger partial charge in [0.15, 0.2) is 0 Å². The number of rotatable bonds is 2. The maximum absolute atomic E-state index is 13.5. The van der Waals surface area contributed by atoms with Gasteiger partial charge in [0, 0.05) is 56.1 Å². The molecule has 0 radical (unpaired) electrons. The van der Waals surface area contributed by atoms with Gasteiger partial charge in [-0.1, -0.05) is 36.4 Å². The number of hydrogen-bond donors (Lipinski definition) is 0. The molecule has 3 aliphatic heterocycles. The van der Waals surface area contributed by atoms with Crippen molar-refractivity contribution in [2.24, 2.45) is 5.92 Å². The number of fused-ring (bicyclic) bond motifs is 5. The number of piperidine rings is 1. The van der Waals surface area contributed by atoms with Crippen LogP contribution in [0.2, 0.25) is 0 Å². The number of ether oxygens (including phenoxy) is 1. The van der Waals surface area contributed by atoms with Crippen LogP contribution in [0.15, 0.2) is 59.4 Å². The van der Waals surface area contributed by atoms with Gasteiger partial charge in [-0.05, 0) is 59.7 Å². The molecule has 0 unspecified atom stereocenters. The van der Waals surface area contributed by atoms with E-state index in [1.807, 2.05) is 0 Å². The quantitative estimate of drug-likeness (QED) is 0.644. The molecule has 0 saturated carbocycles. The first-order valence-electron chi connectivity index (χ1n) is 11.3. The molecule has 30 heavy (non-hydrogen) atoms. The zero-order valence-corrected chi connectivity index (χ0v) is 17.3. The van der Waals surface area contributed by atoms with E-state index >= 15 is 0 Å². The van der Waals surface area contributed by atoms with Crippen molar-refractivity contribution >= 4 is 10.8 Å². The van der Waals surface area contributed by atoms with Crippen LogP contribution in [0.1, 0.15) is 30.9 Å². The SMILES string of the molecule is O=c1c(-c2ccc3ccccc3c2)ccc2n1C[C@@H]1C[C@@H]2CN(C2CCOCC2)C1. The van der Waals surface area contributed by atoms with Crippen molar-refractivity contribution < 1.29 is 4.74 Å². The summed E-state index contributed by atoms with van der Waals surface area (Å²) in [6.45, 7) is 4.83. The van der Waals surface area contributed by atoms with Gasteiger partial charge in [-0.3, -0.25) is 9.69 Å². The standard InChI is InChI=1S/C26H28N2O2/c29-26-24(21-6-5-19-3-1-2-4-20(19)14-21)7-8-25-22-13-18(16-28(25)26)15-27(17-22)23-9-11-30-12-10-23/h1-8,14,18,22-23H,9-13,15-17H2/t18-,22-/m1/s1. The average molecular weight is 401 g/mol. The molecule has 0 N–H and O–H groups in total. The Hall–Kier alpha value is -2.43. The molecule has 2 atom stereocenters. The molecule has 0 amide bonds. The number of hydrogen-bond acceptors (Lipinski definition) is 3. The summed E-state index contributed by atoms with van der Waals surface area (Å²) in [4.78, 5) is 16.2. The fraction of sp³-hybridized carbons (Fsp3) is 0.423. The Kier molecular flexibility index (Phi) is 4.50. The second-order valence-electron chi connectivity index (χ2n) is 9.25. The zero-order valence-electron chi connectivity index (χ0n) is 17.3. The van der Waals surface area contributed by atoms with Crippen molar-refractivity contribution in [2.45, 2.75) is 37.8 Å². The minimum Gasteiger partial charge on any atom is -0.381 e. The molecule has 2 aromatic carbocycles. The molecule has 6 rings (SSSR count). The van der Waals surface area contributed by atoms with Gasteiger partial charge >= 0.3 is 0 Å². The summed E-state index contributed by atoms with van der Waals surface area (Å²) in [7, 11) is 0. The van der Waals surface area contributed by atoms with Crippen molar-refractivity contribution in [3.05, 3.63) is 70.6 Å². The van der Waals surface area contributed by atoms with Crippen molar-refractivity contribution in [1.82, 2.24) is 9.47 Å². The van der Waals surface area contributed by atoms with Crippen molar-refractivity contribution in [1.29, 1.82) is 0 Å². The predicted molar refractivity (Wildman–Crippen MR) is 120 cm³/mol. The fourth-order valence-electron chi connectivity index (χ4n) is 5.91. The van der Waals surface area contributed by atoms with E-state index < -0.39 is 0 Å². The van der Waals surface area contributed by atoms with Crippen LogP contribution in [-0.4, -0.2) is 41.8 Å². The maximum atomic E-state index is 13.5. The highest BCUT2D eigenvalue weighted by atomic mass is 16.5. The number of nitrogens with zero attached hydrogens (tertiary/aromatic N) is 2. The molecule has 154 valence electrons. The minimum absolute atomic E-state index is 0.178. The summed E-state index contributed by atoms with van der Waals surface area (Å²) in [5, 5.41) is 2.39. The number of benzene rings is 2.